The van der Waals surface area contributed by atoms with E-state index in [2.05, 4.69) is 10.2 Å². The molecule has 0 saturated carbocycles. The van der Waals surface area contributed by atoms with E-state index in [9.17, 15) is 0 Å². The Morgan fingerprint density at radius 2 is 0.939 bits per heavy atom. The molecule has 0 radical (unpaired) electrons. The van der Waals surface area contributed by atoms with Crippen molar-refractivity contribution >= 4 is 11.3 Å². The van der Waals surface area contributed by atoms with Crippen molar-refractivity contribution in [3.8, 4) is 32.6 Å². The second-order valence-electron chi connectivity index (χ2n) is 7.93. The molecule has 3 aromatic rings. The highest BCUT2D eigenvalue weighted by molar-refractivity contribution is 7.17. The Morgan fingerprint density at radius 3 is 1.33 bits per heavy atom. The lowest BCUT2D eigenvalue weighted by molar-refractivity contribution is 0.273. The number of rotatable bonds is 16. The van der Waals surface area contributed by atoms with Crippen LogP contribution in [0.15, 0.2) is 48.5 Å². The molecule has 0 aliphatic carbocycles. The van der Waals surface area contributed by atoms with Gasteiger partial charge in [-0.05, 0) is 87.1 Å². The lowest BCUT2D eigenvalue weighted by atomic mass is 10.2. The third-order valence-corrected chi connectivity index (χ3v) is 6.29. The number of aliphatic hydroxyl groups is 2. The van der Waals surface area contributed by atoms with Crippen LogP contribution < -0.4 is 9.47 Å². The van der Waals surface area contributed by atoms with Crippen molar-refractivity contribution in [1.82, 2.24) is 10.2 Å². The van der Waals surface area contributed by atoms with Gasteiger partial charge in [-0.2, -0.15) is 0 Å². The zero-order chi connectivity index (χ0) is 23.1. The van der Waals surface area contributed by atoms with Crippen LogP contribution in [0.1, 0.15) is 51.4 Å². The Balaban J connectivity index is 1.46. The van der Waals surface area contributed by atoms with Gasteiger partial charge in [0.15, 0.2) is 0 Å². The van der Waals surface area contributed by atoms with Crippen LogP contribution in [-0.2, 0) is 0 Å². The van der Waals surface area contributed by atoms with Gasteiger partial charge in [0.05, 0.1) is 13.2 Å². The second kappa shape index (κ2) is 14.6. The summed E-state index contributed by atoms with van der Waals surface area (Å²) in [4.78, 5) is 0. The second-order valence-corrected chi connectivity index (χ2v) is 8.91. The van der Waals surface area contributed by atoms with Crippen LogP contribution in [0.3, 0.4) is 0 Å². The van der Waals surface area contributed by atoms with Crippen LogP contribution in [0.4, 0.5) is 0 Å². The number of aromatic nitrogens is 2. The zero-order valence-electron chi connectivity index (χ0n) is 19.1. The van der Waals surface area contributed by atoms with E-state index >= 15 is 0 Å². The summed E-state index contributed by atoms with van der Waals surface area (Å²) >= 11 is 1.56. The maximum Gasteiger partial charge on any atom is 0.148 e. The Morgan fingerprint density at radius 1 is 0.545 bits per heavy atom. The van der Waals surface area contributed by atoms with Gasteiger partial charge in [-0.15, -0.1) is 10.2 Å². The fraction of sp³-hybridized carbons (Fsp3) is 0.462. The molecule has 2 aromatic carbocycles. The van der Waals surface area contributed by atoms with Crippen molar-refractivity contribution in [3.05, 3.63) is 48.5 Å². The molecular formula is C26H34N2O4S. The number of hydrogen-bond acceptors (Lipinski definition) is 7. The van der Waals surface area contributed by atoms with Gasteiger partial charge in [-0.1, -0.05) is 24.2 Å². The molecule has 2 N–H and O–H groups in total. The Hall–Kier alpha value is -2.48. The van der Waals surface area contributed by atoms with Crippen LogP contribution in [0.5, 0.6) is 11.5 Å². The number of benzene rings is 2. The van der Waals surface area contributed by atoms with Gasteiger partial charge in [0.2, 0.25) is 0 Å². The molecule has 0 fully saturated rings. The quantitative estimate of drug-likeness (QED) is 0.260. The highest BCUT2D eigenvalue weighted by Crippen LogP contribution is 2.31. The minimum Gasteiger partial charge on any atom is -0.494 e. The van der Waals surface area contributed by atoms with Crippen LogP contribution >= 0.6 is 11.3 Å². The van der Waals surface area contributed by atoms with Crippen molar-refractivity contribution in [2.75, 3.05) is 26.4 Å². The average molecular weight is 471 g/mol. The fourth-order valence-electron chi connectivity index (χ4n) is 3.36. The van der Waals surface area contributed by atoms with Crippen LogP contribution in [0.2, 0.25) is 0 Å². The summed E-state index contributed by atoms with van der Waals surface area (Å²) in [7, 11) is 0. The van der Waals surface area contributed by atoms with Gasteiger partial charge >= 0.3 is 0 Å². The van der Waals surface area contributed by atoms with E-state index in [-0.39, 0.29) is 13.2 Å². The van der Waals surface area contributed by atoms with Crippen molar-refractivity contribution in [1.29, 1.82) is 0 Å². The molecule has 0 unspecified atom stereocenters. The summed E-state index contributed by atoms with van der Waals surface area (Å²) in [5, 5.41) is 28.1. The molecule has 0 bridgehead atoms. The minimum atomic E-state index is 0.267. The molecule has 1 heterocycles. The van der Waals surface area contributed by atoms with Gasteiger partial charge in [0.1, 0.15) is 21.5 Å². The third-order valence-electron chi connectivity index (χ3n) is 5.27. The maximum absolute atomic E-state index is 8.80. The molecule has 0 aliphatic rings. The van der Waals surface area contributed by atoms with Crippen molar-refractivity contribution < 1.29 is 19.7 Å². The summed E-state index contributed by atoms with van der Waals surface area (Å²) in [6.07, 6.45) is 7.95. The first kappa shape index (κ1) is 25.1. The summed E-state index contributed by atoms with van der Waals surface area (Å²) < 4.78 is 11.6. The van der Waals surface area contributed by atoms with E-state index in [4.69, 9.17) is 19.7 Å². The SMILES string of the molecule is OCCCCCCOc1ccc(-c2nnc(-c3ccc(OCCCCCCO)cc3)s2)cc1. The largest absolute Gasteiger partial charge is 0.494 e. The summed E-state index contributed by atoms with van der Waals surface area (Å²) in [5.74, 6) is 1.71. The van der Waals surface area contributed by atoms with E-state index in [1.807, 2.05) is 48.5 Å². The van der Waals surface area contributed by atoms with E-state index in [0.717, 1.165) is 84.0 Å². The first-order valence-corrected chi connectivity index (χ1v) is 12.6. The molecule has 0 saturated heterocycles. The van der Waals surface area contributed by atoms with Gasteiger partial charge in [-0.3, -0.25) is 0 Å². The molecule has 7 heteroatoms. The monoisotopic (exact) mass is 470 g/mol. The molecule has 1 aromatic heterocycles. The van der Waals surface area contributed by atoms with Crippen molar-refractivity contribution in [2.24, 2.45) is 0 Å². The Bertz CT molecular complexity index is 839. The number of hydrogen-bond donors (Lipinski definition) is 2. The predicted molar refractivity (Wildman–Crippen MR) is 133 cm³/mol. The highest BCUT2D eigenvalue weighted by atomic mass is 32.1. The Kier molecular flexibility index (Phi) is 11.1. The van der Waals surface area contributed by atoms with Crippen molar-refractivity contribution in [2.45, 2.75) is 51.4 Å². The third kappa shape index (κ3) is 8.76. The first-order valence-electron chi connectivity index (χ1n) is 11.8. The van der Waals surface area contributed by atoms with E-state index in [0.29, 0.717) is 13.2 Å². The zero-order valence-corrected chi connectivity index (χ0v) is 19.9. The van der Waals surface area contributed by atoms with Crippen LogP contribution in [-0.4, -0.2) is 46.8 Å². The summed E-state index contributed by atoms with van der Waals surface area (Å²) in [5.41, 5.74) is 2.05. The predicted octanol–water partition coefficient (Wildman–Crippen LogP) is 5.74. The molecule has 0 atom stereocenters. The maximum atomic E-state index is 8.80. The number of nitrogens with zero attached hydrogens (tertiary/aromatic N) is 2. The first-order chi connectivity index (χ1) is 16.3. The molecule has 178 valence electrons. The molecule has 0 spiro atoms. The number of unbranched alkanes of at least 4 members (excludes halogenated alkanes) is 6. The number of ether oxygens (including phenoxy) is 2. The Labute approximate surface area is 200 Å². The topological polar surface area (TPSA) is 84.7 Å². The highest BCUT2D eigenvalue weighted by Gasteiger charge is 2.09. The van der Waals surface area contributed by atoms with Gasteiger partial charge in [0, 0.05) is 24.3 Å². The number of aliphatic hydroxyl groups excluding tert-OH is 2. The van der Waals surface area contributed by atoms with Gasteiger partial charge in [0.25, 0.3) is 0 Å². The lowest BCUT2D eigenvalue weighted by Crippen LogP contribution is -1.97. The van der Waals surface area contributed by atoms with E-state index < -0.39 is 0 Å². The smallest absolute Gasteiger partial charge is 0.148 e. The molecular weight excluding hydrogens is 436 g/mol. The molecule has 6 nitrogen and oxygen atoms in total. The fourth-order valence-corrected chi connectivity index (χ4v) is 4.21. The minimum absolute atomic E-state index is 0.267. The van der Waals surface area contributed by atoms with Crippen LogP contribution in [0.25, 0.3) is 21.1 Å². The van der Waals surface area contributed by atoms with E-state index in [1.54, 1.807) is 11.3 Å². The van der Waals surface area contributed by atoms with Crippen LogP contribution in [0, 0.1) is 0 Å². The standard InChI is InChI=1S/C26H34N2O4S/c29-17-5-1-3-7-19-31-23-13-9-21(10-14-23)25-27-28-26(33-25)22-11-15-24(16-12-22)32-20-8-4-2-6-18-30/h9-16,29-30H,1-8,17-20H2. The summed E-state index contributed by atoms with van der Waals surface area (Å²) in [6, 6.07) is 16.0. The molecule has 0 aliphatic heterocycles. The molecule has 33 heavy (non-hydrogen) atoms. The molecule has 3 rings (SSSR count). The normalized spacial score (nSPS) is 11.0. The van der Waals surface area contributed by atoms with Crippen molar-refractivity contribution in [3.63, 3.8) is 0 Å². The van der Waals surface area contributed by atoms with Gasteiger partial charge < -0.3 is 19.7 Å². The summed E-state index contributed by atoms with van der Waals surface area (Å²) in [6.45, 7) is 1.92. The molecule has 0 amide bonds. The average Bonchev–Trinajstić information content (AvgIpc) is 3.35. The lowest BCUT2D eigenvalue weighted by Gasteiger charge is -2.06. The van der Waals surface area contributed by atoms with Gasteiger partial charge in [-0.25, -0.2) is 0 Å². The van der Waals surface area contributed by atoms with E-state index in [1.165, 1.54) is 0 Å².